The minimum Gasteiger partial charge on any atom is -0.497 e. The number of carbonyl (C=O) groups is 1. The van der Waals surface area contributed by atoms with Crippen LogP contribution in [0.1, 0.15) is 55.3 Å². The molecule has 2 aromatic rings. The predicted octanol–water partition coefficient (Wildman–Crippen LogP) is 3.20. The van der Waals surface area contributed by atoms with Crippen molar-refractivity contribution in [1.29, 1.82) is 0 Å². The molecule has 2 aliphatic rings. The van der Waals surface area contributed by atoms with Gasteiger partial charge in [0.25, 0.3) is 0 Å². The van der Waals surface area contributed by atoms with E-state index in [0.717, 1.165) is 66.6 Å². The molecule has 1 amide bonds. The summed E-state index contributed by atoms with van der Waals surface area (Å²) in [6.45, 7) is 7.30. The lowest BCUT2D eigenvalue weighted by Gasteiger charge is -2.36. The maximum atomic E-state index is 13.6. The van der Waals surface area contributed by atoms with Gasteiger partial charge >= 0.3 is 0 Å². The summed E-state index contributed by atoms with van der Waals surface area (Å²) in [5.74, 6) is 3.08. The van der Waals surface area contributed by atoms with Crippen LogP contribution in [0.5, 0.6) is 5.75 Å². The quantitative estimate of drug-likeness (QED) is 0.775. The molecule has 1 saturated heterocycles. The Balaban J connectivity index is 1.58. The van der Waals surface area contributed by atoms with Gasteiger partial charge in [0, 0.05) is 31.6 Å². The van der Waals surface area contributed by atoms with E-state index < -0.39 is 5.41 Å². The summed E-state index contributed by atoms with van der Waals surface area (Å²) in [6, 6.07) is 7.78. The Hall–Kier alpha value is -2.67. The summed E-state index contributed by atoms with van der Waals surface area (Å²) >= 11 is 0. The molecule has 4 rings (SSSR count). The van der Waals surface area contributed by atoms with Gasteiger partial charge in [-0.3, -0.25) is 4.79 Å². The fourth-order valence-electron chi connectivity index (χ4n) is 4.92. The fourth-order valence-corrected chi connectivity index (χ4v) is 4.92. The molecular formula is C25H35N5O2. The molecule has 32 heavy (non-hydrogen) atoms. The van der Waals surface area contributed by atoms with E-state index in [1.165, 1.54) is 0 Å². The number of carbonyl (C=O) groups excluding carboxylic acids is 1. The Morgan fingerprint density at radius 3 is 2.59 bits per heavy atom. The van der Waals surface area contributed by atoms with E-state index in [4.69, 9.17) is 14.7 Å². The molecule has 1 atom stereocenters. The summed E-state index contributed by atoms with van der Waals surface area (Å²) in [5, 5.41) is 3.28. The molecule has 7 nitrogen and oxygen atoms in total. The number of ether oxygens (including phenoxy) is 1. The van der Waals surface area contributed by atoms with Gasteiger partial charge in [0.15, 0.2) is 0 Å². The third-order valence-corrected chi connectivity index (χ3v) is 6.94. The highest BCUT2D eigenvalue weighted by Gasteiger charge is 2.36. The molecule has 2 aliphatic heterocycles. The number of likely N-dealkylation sites (tertiary alicyclic amines) is 1. The van der Waals surface area contributed by atoms with Crippen LogP contribution in [0.4, 0.5) is 5.82 Å². The van der Waals surface area contributed by atoms with Crippen LogP contribution in [0, 0.1) is 0 Å². The zero-order valence-electron chi connectivity index (χ0n) is 19.9. The minimum atomic E-state index is -0.627. The van der Waals surface area contributed by atoms with E-state index in [2.05, 4.69) is 17.3 Å². The van der Waals surface area contributed by atoms with E-state index in [1.54, 1.807) is 7.11 Å². The van der Waals surface area contributed by atoms with Gasteiger partial charge in [0.05, 0.1) is 24.8 Å². The van der Waals surface area contributed by atoms with Gasteiger partial charge in [-0.25, -0.2) is 9.97 Å². The molecule has 0 bridgehead atoms. The van der Waals surface area contributed by atoms with Crippen LogP contribution in [-0.2, 0) is 23.2 Å². The van der Waals surface area contributed by atoms with Gasteiger partial charge in [-0.2, -0.15) is 0 Å². The zero-order valence-corrected chi connectivity index (χ0v) is 19.9. The Kier molecular flexibility index (Phi) is 6.38. The van der Waals surface area contributed by atoms with Gasteiger partial charge in [-0.05, 0) is 64.4 Å². The average molecular weight is 438 g/mol. The van der Waals surface area contributed by atoms with E-state index in [1.807, 2.05) is 50.1 Å². The number of anilines is 1. The van der Waals surface area contributed by atoms with Crippen molar-refractivity contribution in [2.75, 3.05) is 46.2 Å². The third-order valence-electron chi connectivity index (χ3n) is 6.94. The van der Waals surface area contributed by atoms with Crippen LogP contribution in [0.3, 0.4) is 0 Å². The van der Waals surface area contributed by atoms with Crippen molar-refractivity contribution in [2.24, 2.45) is 0 Å². The van der Waals surface area contributed by atoms with Crippen molar-refractivity contribution in [3.63, 3.8) is 0 Å². The number of hydrogen-bond acceptors (Lipinski definition) is 6. The number of hydrogen-bond donors (Lipinski definition) is 1. The summed E-state index contributed by atoms with van der Waals surface area (Å²) in [6.07, 6.45) is 3.04. The van der Waals surface area contributed by atoms with Gasteiger partial charge in [-0.15, -0.1) is 0 Å². The molecule has 1 aromatic carbocycles. The van der Waals surface area contributed by atoms with Crippen LogP contribution in [-0.4, -0.2) is 66.5 Å². The smallest absolute Gasteiger partial charge is 0.233 e. The number of nitrogens with one attached hydrogen (secondary N) is 1. The van der Waals surface area contributed by atoms with E-state index in [9.17, 15) is 4.79 Å². The number of likely N-dealkylation sites (N-methyl/N-ethyl adjacent to an activating group) is 1. The molecule has 172 valence electrons. The monoisotopic (exact) mass is 437 g/mol. The number of benzene rings is 1. The van der Waals surface area contributed by atoms with Crippen LogP contribution in [0.25, 0.3) is 0 Å². The number of amides is 1. The van der Waals surface area contributed by atoms with Crippen molar-refractivity contribution in [3.8, 4) is 5.75 Å². The molecule has 0 aliphatic carbocycles. The summed E-state index contributed by atoms with van der Waals surface area (Å²) in [5.41, 5.74) is 2.49. The molecule has 1 aromatic heterocycles. The van der Waals surface area contributed by atoms with E-state index in [-0.39, 0.29) is 5.91 Å². The number of rotatable bonds is 5. The van der Waals surface area contributed by atoms with Crippen molar-refractivity contribution in [3.05, 3.63) is 46.9 Å². The molecule has 1 N–H and O–H groups in total. The topological polar surface area (TPSA) is 70.6 Å². The number of piperidine rings is 1. The maximum Gasteiger partial charge on any atom is 0.233 e. The van der Waals surface area contributed by atoms with Crippen molar-refractivity contribution in [2.45, 2.75) is 51.0 Å². The Morgan fingerprint density at radius 1 is 1.19 bits per heavy atom. The zero-order chi connectivity index (χ0) is 22.9. The lowest BCUT2D eigenvalue weighted by Crippen LogP contribution is -2.46. The van der Waals surface area contributed by atoms with Crippen molar-refractivity contribution in [1.82, 2.24) is 19.8 Å². The number of fused-ring (bicyclic) bond motifs is 1. The molecule has 0 radical (unpaired) electrons. The summed E-state index contributed by atoms with van der Waals surface area (Å²) in [4.78, 5) is 27.8. The second kappa shape index (κ2) is 9.06. The number of aromatic nitrogens is 2. The fraction of sp³-hybridized carbons (Fsp3) is 0.560. The average Bonchev–Trinajstić information content (AvgIpc) is 2.82. The van der Waals surface area contributed by atoms with Gasteiger partial charge < -0.3 is 19.9 Å². The largest absolute Gasteiger partial charge is 0.497 e. The van der Waals surface area contributed by atoms with E-state index >= 15 is 0 Å². The Labute approximate surface area is 191 Å². The lowest BCUT2D eigenvalue weighted by molar-refractivity contribution is -0.137. The van der Waals surface area contributed by atoms with Crippen molar-refractivity contribution < 1.29 is 9.53 Å². The van der Waals surface area contributed by atoms with Gasteiger partial charge in [-0.1, -0.05) is 12.1 Å². The first-order valence-electron chi connectivity index (χ1n) is 11.5. The predicted molar refractivity (Wildman–Crippen MR) is 126 cm³/mol. The molecule has 0 spiro atoms. The highest BCUT2D eigenvalue weighted by atomic mass is 16.5. The van der Waals surface area contributed by atoms with Crippen LogP contribution in [0.15, 0.2) is 24.3 Å². The van der Waals surface area contributed by atoms with Crippen LogP contribution >= 0.6 is 0 Å². The van der Waals surface area contributed by atoms with Crippen LogP contribution in [0.2, 0.25) is 0 Å². The Morgan fingerprint density at radius 2 is 1.94 bits per heavy atom. The molecule has 0 saturated carbocycles. The van der Waals surface area contributed by atoms with Crippen molar-refractivity contribution >= 4 is 11.7 Å². The highest BCUT2D eigenvalue weighted by molar-refractivity contribution is 5.87. The van der Waals surface area contributed by atoms with Gasteiger partial charge in [0.1, 0.15) is 17.4 Å². The number of nitrogens with zero attached hydrogens (tertiary/aromatic N) is 4. The lowest BCUT2D eigenvalue weighted by atomic mass is 9.82. The maximum absolute atomic E-state index is 13.6. The van der Waals surface area contributed by atoms with Crippen LogP contribution < -0.4 is 10.1 Å². The second-order valence-electron chi connectivity index (χ2n) is 9.54. The summed E-state index contributed by atoms with van der Waals surface area (Å²) in [7, 11) is 5.73. The SMILES string of the molecule is CNc1nc([C@@H]2CCCN(C)C2)nc2c1CCN(C(=O)C(C)(C)c1ccc(OC)cc1)C2. The third kappa shape index (κ3) is 4.31. The van der Waals surface area contributed by atoms with Gasteiger partial charge in [0.2, 0.25) is 5.91 Å². The molecule has 3 heterocycles. The highest BCUT2D eigenvalue weighted by Crippen LogP contribution is 2.32. The first-order valence-corrected chi connectivity index (χ1v) is 11.5. The standard InChI is InChI=1S/C25H35N5O2/c1-25(2,18-8-10-19(32-5)11-9-18)24(31)30-14-12-20-21(16-30)27-22(28-23(20)26-3)17-7-6-13-29(4)15-17/h8-11,17H,6-7,12-16H2,1-5H3,(H,26,27,28)/t17-/m1/s1. The first kappa shape index (κ1) is 22.5. The molecule has 0 unspecified atom stereocenters. The first-order chi connectivity index (χ1) is 15.3. The number of methoxy groups -OCH3 is 1. The Bertz CT molecular complexity index is 973. The molecular weight excluding hydrogens is 402 g/mol. The molecule has 7 heteroatoms. The minimum absolute atomic E-state index is 0.122. The normalized spacial score (nSPS) is 19.4. The summed E-state index contributed by atoms with van der Waals surface area (Å²) < 4.78 is 5.27. The van der Waals surface area contributed by atoms with E-state index in [0.29, 0.717) is 19.0 Å². The molecule has 1 fully saturated rings. The second-order valence-corrected chi connectivity index (χ2v) is 9.54.